The van der Waals surface area contributed by atoms with E-state index < -0.39 is 37.2 Å². The molecule has 0 aliphatic carbocycles. The first-order chi connectivity index (χ1) is 18.0. The third kappa shape index (κ3) is 5.22. The number of carbonyl (C=O) groups excluding carboxylic acids is 1. The third-order valence-corrected chi connectivity index (χ3v) is 5.56. The molecule has 1 aliphatic heterocycles. The Balaban J connectivity index is 1.45. The number of nitrogens with zero attached hydrogens (tertiary/aromatic N) is 6. The molecule has 3 heterocycles. The van der Waals surface area contributed by atoms with Gasteiger partial charge in [0.25, 0.3) is 5.95 Å². The number of imidazole rings is 1. The molecule has 2 aromatic heterocycles. The summed E-state index contributed by atoms with van der Waals surface area (Å²) in [7, 11) is 0. The molecule has 0 unspecified atom stereocenters. The Morgan fingerprint density at radius 1 is 1.00 bits per heavy atom. The second-order valence-electron chi connectivity index (χ2n) is 8.05. The molecule has 1 saturated heterocycles. The van der Waals surface area contributed by atoms with Crippen LogP contribution in [-0.2, 0) is 4.74 Å². The summed E-state index contributed by atoms with van der Waals surface area (Å²) in [5.74, 6) is 0.156. The highest BCUT2D eigenvalue weighted by Crippen LogP contribution is 2.33. The molecular weight excluding hydrogens is 482 g/mol. The van der Waals surface area contributed by atoms with Crippen LogP contribution in [0.25, 0.3) is 11.2 Å². The van der Waals surface area contributed by atoms with Gasteiger partial charge in [-0.1, -0.05) is 46.7 Å². The molecule has 4 aromatic rings. The van der Waals surface area contributed by atoms with Gasteiger partial charge >= 0.3 is 6.03 Å². The van der Waals surface area contributed by atoms with E-state index in [-0.39, 0.29) is 17.4 Å². The van der Waals surface area contributed by atoms with Gasteiger partial charge in [-0.25, -0.2) is 15.2 Å². The van der Waals surface area contributed by atoms with Gasteiger partial charge in [0.2, 0.25) is 0 Å². The number of anilines is 3. The maximum Gasteiger partial charge on any atom is 0.341 e. The van der Waals surface area contributed by atoms with Crippen molar-refractivity contribution < 1.29 is 24.9 Å². The fraction of sp³-hybridized carbons (Fsp3) is 0.217. The second kappa shape index (κ2) is 10.6. The minimum atomic E-state index is -1.34. The number of hydrogen-bond donors (Lipinski definition) is 6. The van der Waals surface area contributed by atoms with E-state index in [1.807, 2.05) is 36.4 Å². The van der Waals surface area contributed by atoms with Gasteiger partial charge in [-0.2, -0.15) is 9.97 Å². The van der Waals surface area contributed by atoms with Gasteiger partial charge in [0, 0.05) is 11.4 Å². The van der Waals surface area contributed by atoms with E-state index in [0.717, 1.165) is 0 Å². The number of para-hydroxylation sites is 2. The van der Waals surface area contributed by atoms with E-state index in [1.54, 1.807) is 24.3 Å². The molecular formula is C23H23N9O5. The van der Waals surface area contributed by atoms with Crippen molar-refractivity contribution in [3.63, 3.8) is 0 Å². The Hall–Kier alpha value is -4.50. The number of hydrogen-bond acceptors (Lipinski definition) is 11. The lowest BCUT2D eigenvalue weighted by molar-refractivity contribution is -0.0511. The number of nitrogens with one attached hydrogen (secondary N) is 3. The summed E-state index contributed by atoms with van der Waals surface area (Å²) in [5, 5.41) is 43.5. The molecule has 6 N–H and O–H groups in total. The number of urea groups is 1. The van der Waals surface area contributed by atoms with Crippen molar-refractivity contribution in [2.24, 2.45) is 10.3 Å². The fourth-order valence-electron chi connectivity index (χ4n) is 3.79. The average molecular weight is 505 g/mol. The number of aromatic nitrogens is 4. The van der Waals surface area contributed by atoms with Crippen LogP contribution < -0.4 is 16.1 Å². The highest BCUT2D eigenvalue weighted by atomic mass is 16.6. The van der Waals surface area contributed by atoms with Crippen LogP contribution in [0, 0.1) is 0 Å². The number of benzene rings is 2. The number of aliphatic hydroxyl groups excluding tert-OH is 3. The minimum absolute atomic E-state index is 0.126. The Morgan fingerprint density at radius 2 is 1.70 bits per heavy atom. The van der Waals surface area contributed by atoms with E-state index in [1.165, 1.54) is 10.9 Å². The summed E-state index contributed by atoms with van der Waals surface area (Å²) in [6.45, 7) is -0.479. The molecule has 1 fully saturated rings. The third-order valence-electron chi connectivity index (χ3n) is 5.56. The summed E-state index contributed by atoms with van der Waals surface area (Å²) >= 11 is 0. The highest BCUT2D eigenvalue weighted by molar-refractivity contribution is 5.89. The van der Waals surface area contributed by atoms with Crippen LogP contribution in [-0.4, -0.2) is 65.8 Å². The van der Waals surface area contributed by atoms with Gasteiger partial charge in [-0.15, -0.1) is 0 Å². The molecule has 2 aromatic carbocycles. The molecule has 2 amide bonds. The Kier molecular flexibility index (Phi) is 6.96. The van der Waals surface area contributed by atoms with E-state index in [2.05, 4.69) is 41.3 Å². The quantitative estimate of drug-likeness (QED) is 0.161. The lowest BCUT2D eigenvalue weighted by atomic mass is 10.1. The Labute approximate surface area is 209 Å². The number of rotatable bonds is 7. The Bertz CT molecular complexity index is 1400. The molecule has 0 saturated carbocycles. The summed E-state index contributed by atoms with van der Waals surface area (Å²) < 4.78 is 7.04. The van der Waals surface area contributed by atoms with Crippen LogP contribution in [0.5, 0.6) is 0 Å². The maximum absolute atomic E-state index is 12.1. The molecule has 0 radical (unpaired) electrons. The second-order valence-corrected chi connectivity index (χ2v) is 8.05. The van der Waals surface area contributed by atoms with Gasteiger partial charge in [0.05, 0.1) is 12.9 Å². The number of aliphatic hydroxyl groups is 3. The Morgan fingerprint density at radius 3 is 2.38 bits per heavy atom. The van der Waals surface area contributed by atoms with Crippen molar-refractivity contribution in [3.05, 3.63) is 67.0 Å². The summed E-state index contributed by atoms with van der Waals surface area (Å²) in [6.07, 6.45) is -3.32. The highest BCUT2D eigenvalue weighted by Gasteiger charge is 2.44. The van der Waals surface area contributed by atoms with Gasteiger partial charge < -0.3 is 30.7 Å². The molecule has 190 valence electrons. The monoisotopic (exact) mass is 505 g/mol. The zero-order valence-corrected chi connectivity index (χ0v) is 19.2. The zero-order chi connectivity index (χ0) is 25.8. The average Bonchev–Trinajstić information content (AvgIpc) is 3.46. The number of amides is 2. The van der Waals surface area contributed by atoms with Crippen LogP contribution in [0.2, 0.25) is 0 Å². The van der Waals surface area contributed by atoms with E-state index >= 15 is 0 Å². The van der Waals surface area contributed by atoms with Crippen molar-refractivity contribution >= 4 is 40.3 Å². The minimum Gasteiger partial charge on any atom is -0.394 e. The lowest BCUT2D eigenvalue weighted by Gasteiger charge is -2.16. The molecule has 0 spiro atoms. The normalized spacial score (nSPS) is 21.4. The van der Waals surface area contributed by atoms with E-state index in [0.29, 0.717) is 16.9 Å². The van der Waals surface area contributed by atoms with Crippen molar-refractivity contribution in [1.82, 2.24) is 24.9 Å². The van der Waals surface area contributed by atoms with Gasteiger partial charge in [-0.05, 0) is 24.3 Å². The zero-order valence-electron chi connectivity index (χ0n) is 19.2. The predicted octanol–water partition coefficient (Wildman–Crippen LogP) is 2.00. The molecule has 14 nitrogen and oxygen atoms in total. The van der Waals surface area contributed by atoms with Crippen molar-refractivity contribution in [2.45, 2.75) is 24.5 Å². The van der Waals surface area contributed by atoms with Crippen LogP contribution in [0.4, 0.5) is 27.9 Å². The molecule has 1 aliphatic rings. The van der Waals surface area contributed by atoms with Crippen LogP contribution in [0.1, 0.15) is 6.23 Å². The molecule has 5 rings (SSSR count). The van der Waals surface area contributed by atoms with Crippen LogP contribution >= 0.6 is 0 Å². The first-order valence-corrected chi connectivity index (χ1v) is 11.3. The largest absolute Gasteiger partial charge is 0.394 e. The molecule has 37 heavy (non-hydrogen) atoms. The predicted molar refractivity (Wildman–Crippen MR) is 131 cm³/mol. The van der Waals surface area contributed by atoms with Crippen molar-refractivity contribution in [3.8, 4) is 0 Å². The van der Waals surface area contributed by atoms with E-state index in [9.17, 15) is 20.1 Å². The van der Waals surface area contributed by atoms with Gasteiger partial charge in [-0.3, -0.25) is 4.57 Å². The lowest BCUT2D eigenvalue weighted by Crippen LogP contribution is -2.33. The fourth-order valence-corrected chi connectivity index (χ4v) is 3.79. The smallest absolute Gasteiger partial charge is 0.341 e. The summed E-state index contributed by atoms with van der Waals surface area (Å²) in [5.41, 5.74) is 4.08. The number of ether oxygens (including phenoxy) is 1. The first kappa shape index (κ1) is 24.2. The van der Waals surface area contributed by atoms with E-state index in [4.69, 9.17) is 4.74 Å². The number of fused-ring (bicyclic) bond motifs is 1. The maximum atomic E-state index is 12.1. The summed E-state index contributed by atoms with van der Waals surface area (Å²) in [4.78, 5) is 25.2. The number of carbonyl (C=O) groups is 1. The topological polar surface area (TPSA) is 191 Å². The first-order valence-electron chi connectivity index (χ1n) is 11.3. The summed E-state index contributed by atoms with van der Waals surface area (Å²) in [6, 6.07) is 17.4. The van der Waals surface area contributed by atoms with Crippen LogP contribution in [0.3, 0.4) is 0 Å². The van der Waals surface area contributed by atoms with Crippen molar-refractivity contribution in [2.75, 3.05) is 17.2 Å². The van der Waals surface area contributed by atoms with Gasteiger partial charge in [0.15, 0.2) is 23.2 Å². The van der Waals surface area contributed by atoms with Gasteiger partial charge in [0.1, 0.15) is 18.3 Å². The standard InChI is InChI=1S/C23H23N9O5/c33-11-15-17(34)18(35)21(37-15)32-12-24-16-19(25-13-7-3-1-4-8-13)27-22(28-20(16)32)29-31-30-23(36)26-14-9-5-2-6-10-14/h1-10,12,15,17-18,21,33-35H,11H2,(H3,25,26,27,28,29,30,36)/t15-,17-,18-,21-/m1/s1. The SMILES string of the molecule is O=C(NN=Nc1nc(Nc2ccccc2)c2ncn([C@@H]3O[C@H](CO)[C@@H](O)[C@H]3O)c2n1)Nc1ccccc1. The molecule has 14 heteroatoms. The van der Waals surface area contributed by atoms with Crippen LogP contribution in [0.15, 0.2) is 77.3 Å². The molecule has 4 atom stereocenters. The van der Waals surface area contributed by atoms with Crippen molar-refractivity contribution in [1.29, 1.82) is 0 Å². The molecule has 0 bridgehead atoms.